The molecular formula is C21H24BrN3O4. The second-order valence-corrected chi connectivity index (χ2v) is 7.36. The van der Waals surface area contributed by atoms with E-state index in [1.807, 2.05) is 38.1 Å². The zero-order valence-electron chi connectivity index (χ0n) is 16.8. The highest BCUT2D eigenvalue weighted by Crippen LogP contribution is 2.25. The first kappa shape index (κ1) is 22.4. The van der Waals surface area contributed by atoms with Gasteiger partial charge in [-0.2, -0.15) is 5.10 Å². The number of methoxy groups -OCH3 is 1. The van der Waals surface area contributed by atoms with E-state index in [-0.39, 0.29) is 18.9 Å². The monoisotopic (exact) mass is 461 g/mol. The Morgan fingerprint density at radius 1 is 1.10 bits per heavy atom. The molecule has 8 heteroatoms. The summed E-state index contributed by atoms with van der Waals surface area (Å²) < 4.78 is 11.6. The summed E-state index contributed by atoms with van der Waals surface area (Å²) in [6.45, 7) is 5.34. The summed E-state index contributed by atoms with van der Waals surface area (Å²) in [5.41, 5.74) is 5.45. The van der Waals surface area contributed by atoms with Gasteiger partial charge in [0.2, 0.25) is 5.91 Å². The van der Waals surface area contributed by atoms with E-state index in [4.69, 9.17) is 9.47 Å². The van der Waals surface area contributed by atoms with Gasteiger partial charge in [0, 0.05) is 10.2 Å². The van der Waals surface area contributed by atoms with Crippen molar-refractivity contribution in [3.05, 3.63) is 52.0 Å². The fourth-order valence-corrected chi connectivity index (χ4v) is 2.68. The van der Waals surface area contributed by atoms with E-state index in [1.165, 1.54) is 0 Å². The van der Waals surface area contributed by atoms with Crippen LogP contribution < -0.4 is 20.2 Å². The molecule has 0 atom stereocenters. The van der Waals surface area contributed by atoms with Gasteiger partial charge >= 0.3 is 0 Å². The highest BCUT2D eigenvalue weighted by molar-refractivity contribution is 9.10. The molecule has 2 amide bonds. The average Bonchev–Trinajstić information content (AvgIpc) is 2.67. The number of benzene rings is 2. The summed E-state index contributed by atoms with van der Waals surface area (Å²) >= 11 is 3.41. The van der Waals surface area contributed by atoms with E-state index in [2.05, 4.69) is 31.8 Å². The van der Waals surface area contributed by atoms with E-state index in [1.54, 1.807) is 26.2 Å². The summed E-state index contributed by atoms with van der Waals surface area (Å²) in [6.07, 6.45) is 0.0319. The number of nitrogens with one attached hydrogen (secondary N) is 2. The molecule has 0 bridgehead atoms. The number of carbonyl (C=O) groups excluding carboxylic acids is 2. The minimum atomic E-state index is -0.411. The first-order valence-electron chi connectivity index (χ1n) is 8.94. The Bertz CT molecular complexity index is 928. The standard InChI is InChI=1S/C21H24BrN3O4/c1-13-5-8-19(28-4)18(9-13)23-20(26)11-15(3)24-25-21(27)12-29-16-6-7-17(22)14(2)10-16/h5-10H,11-12H2,1-4H3,(H,23,26)(H,25,27)/b24-15-. The van der Waals surface area contributed by atoms with E-state index >= 15 is 0 Å². The predicted molar refractivity (Wildman–Crippen MR) is 117 cm³/mol. The van der Waals surface area contributed by atoms with Crippen molar-refractivity contribution in [2.75, 3.05) is 19.0 Å². The van der Waals surface area contributed by atoms with Crippen LogP contribution >= 0.6 is 15.9 Å². The molecule has 7 nitrogen and oxygen atoms in total. The van der Waals surface area contributed by atoms with Gasteiger partial charge in [-0.05, 0) is 62.2 Å². The lowest BCUT2D eigenvalue weighted by molar-refractivity contribution is -0.123. The van der Waals surface area contributed by atoms with E-state index in [9.17, 15) is 9.59 Å². The molecular weight excluding hydrogens is 438 g/mol. The van der Waals surface area contributed by atoms with Crippen LogP contribution in [0.2, 0.25) is 0 Å². The highest BCUT2D eigenvalue weighted by Gasteiger charge is 2.10. The number of aryl methyl sites for hydroxylation is 2. The molecule has 0 aliphatic heterocycles. The number of hydrazone groups is 1. The maximum atomic E-state index is 12.2. The molecule has 0 spiro atoms. The summed E-state index contributed by atoms with van der Waals surface area (Å²) in [5.74, 6) is 0.497. The molecule has 0 saturated carbocycles. The SMILES string of the molecule is COc1ccc(C)cc1NC(=O)C/C(C)=N\NC(=O)COc1ccc(Br)c(C)c1. The number of hydrogen-bond donors (Lipinski definition) is 2. The molecule has 29 heavy (non-hydrogen) atoms. The van der Waals surface area contributed by atoms with Crippen LogP contribution in [0.3, 0.4) is 0 Å². The second kappa shape index (κ2) is 10.6. The molecule has 154 valence electrons. The van der Waals surface area contributed by atoms with Crippen molar-refractivity contribution in [1.29, 1.82) is 0 Å². The van der Waals surface area contributed by atoms with Gasteiger partial charge in [0.25, 0.3) is 5.91 Å². The van der Waals surface area contributed by atoms with Crippen LogP contribution in [0.1, 0.15) is 24.5 Å². The molecule has 2 N–H and O–H groups in total. The van der Waals surface area contributed by atoms with Crippen molar-refractivity contribution in [3.63, 3.8) is 0 Å². The van der Waals surface area contributed by atoms with Crippen LogP contribution in [0.15, 0.2) is 46.0 Å². The molecule has 2 aromatic carbocycles. The third-order valence-electron chi connectivity index (χ3n) is 3.92. The number of nitrogens with zero attached hydrogens (tertiary/aromatic N) is 1. The summed E-state index contributed by atoms with van der Waals surface area (Å²) in [4.78, 5) is 24.1. The normalized spacial score (nSPS) is 11.0. The number of ether oxygens (including phenoxy) is 2. The van der Waals surface area contributed by atoms with Crippen LogP contribution in [-0.4, -0.2) is 31.2 Å². The molecule has 0 aromatic heterocycles. The molecule has 0 radical (unpaired) electrons. The maximum Gasteiger partial charge on any atom is 0.277 e. The molecule has 0 saturated heterocycles. The third-order valence-corrected chi connectivity index (χ3v) is 4.81. The largest absolute Gasteiger partial charge is 0.495 e. The molecule has 2 aromatic rings. The molecule has 0 unspecified atom stereocenters. The van der Waals surface area contributed by atoms with Gasteiger partial charge in [-0.1, -0.05) is 22.0 Å². The molecule has 0 fully saturated rings. The number of halogens is 1. The molecule has 0 heterocycles. The Hall–Kier alpha value is -2.87. The molecule has 2 rings (SSSR count). The Balaban J connectivity index is 1.83. The van der Waals surface area contributed by atoms with E-state index in [0.717, 1.165) is 15.6 Å². The van der Waals surface area contributed by atoms with E-state index < -0.39 is 5.91 Å². The van der Waals surface area contributed by atoms with Gasteiger partial charge in [0.1, 0.15) is 11.5 Å². The first-order valence-corrected chi connectivity index (χ1v) is 9.73. The van der Waals surface area contributed by atoms with Crippen molar-refractivity contribution < 1.29 is 19.1 Å². The second-order valence-electron chi connectivity index (χ2n) is 6.51. The number of amides is 2. The quantitative estimate of drug-likeness (QED) is 0.459. The lowest BCUT2D eigenvalue weighted by Crippen LogP contribution is -2.26. The third kappa shape index (κ3) is 7.23. The van der Waals surface area contributed by atoms with Gasteiger partial charge < -0.3 is 14.8 Å². The smallest absolute Gasteiger partial charge is 0.277 e. The Morgan fingerprint density at radius 3 is 2.55 bits per heavy atom. The zero-order valence-corrected chi connectivity index (χ0v) is 18.4. The minimum absolute atomic E-state index is 0.0319. The number of rotatable bonds is 8. The fraction of sp³-hybridized carbons (Fsp3) is 0.286. The summed E-state index contributed by atoms with van der Waals surface area (Å²) in [5, 5.41) is 6.74. The highest BCUT2D eigenvalue weighted by atomic mass is 79.9. The topological polar surface area (TPSA) is 89.0 Å². The summed E-state index contributed by atoms with van der Waals surface area (Å²) in [7, 11) is 1.54. The summed E-state index contributed by atoms with van der Waals surface area (Å²) in [6, 6.07) is 11.0. The predicted octanol–water partition coefficient (Wildman–Crippen LogP) is 3.97. The van der Waals surface area contributed by atoms with Crippen molar-refractivity contribution in [2.24, 2.45) is 5.10 Å². The fourth-order valence-electron chi connectivity index (χ4n) is 2.43. The van der Waals surface area contributed by atoms with Gasteiger partial charge in [0.05, 0.1) is 19.2 Å². The Kier molecular flexibility index (Phi) is 8.21. The van der Waals surface area contributed by atoms with Crippen LogP contribution in [0.5, 0.6) is 11.5 Å². The molecule has 0 aliphatic carbocycles. The van der Waals surface area contributed by atoms with Crippen LogP contribution in [0.25, 0.3) is 0 Å². The van der Waals surface area contributed by atoms with Crippen molar-refractivity contribution >= 4 is 39.1 Å². The van der Waals surface area contributed by atoms with Crippen molar-refractivity contribution in [3.8, 4) is 11.5 Å². The van der Waals surface area contributed by atoms with Crippen LogP contribution in [0.4, 0.5) is 5.69 Å². The maximum absolute atomic E-state index is 12.2. The Labute approximate surface area is 178 Å². The van der Waals surface area contributed by atoms with Crippen molar-refractivity contribution in [1.82, 2.24) is 5.43 Å². The van der Waals surface area contributed by atoms with Crippen molar-refractivity contribution in [2.45, 2.75) is 27.2 Å². The number of hydrogen-bond acceptors (Lipinski definition) is 5. The Morgan fingerprint density at radius 2 is 1.86 bits per heavy atom. The van der Waals surface area contributed by atoms with Gasteiger partial charge in [0.15, 0.2) is 6.61 Å². The lowest BCUT2D eigenvalue weighted by atomic mass is 10.2. The van der Waals surface area contributed by atoms with Gasteiger partial charge in [-0.25, -0.2) is 5.43 Å². The number of carbonyl (C=O) groups is 2. The molecule has 0 aliphatic rings. The van der Waals surface area contributed by atoms with Gasteiger partial charge in [-0.3, -0.25) is 9.59 Å². The first-order chi connectivity index (χ1) is 13.8. The lowest BCUT2D eigenvalue weighted by Gasteiger charge is -2.11. The van der Waals surface area contributed by atoms with Gasteiger partial charge in [-0.15, -0.1) is 0 Å². The number of anilines is 1. The average molecular weight is 462 g/mol. The minimum Gasteiger partial charge on any atom is -0.495 e. The van der Waals surface area contributed by atoms with E-state index in [0.29, 0.717) is 22.9 Å². The van der Waals surface area contributed by atoms with Crippen LogP contribution in [-0.2, 0) is 9.59 Å². The van der Waals surface area contributed by atoms with Crippen LogP contribution in [0, 0.1) is 13.8 Å². The zero-order chi connectivity index (χ0) is 21.4.